The van der Waals surface area contributed by atoms with Crippen LogP contribution in [0.3, 0.4) is 0 Å². The number of carbonyl (C=O) groups excluding carboxylic acids is 1. The lowest BCUT2D eigenvalue weighted by atomic mass is 10.2. The molecule has 0 unspecified atom stereocenters. The molecule has 0 fully saturated rings. The molecule has 0 radical (unpaired) electrons. The molecule has 1 amide bonds. The minimum atomic E-state index is -4.69. The number of hydrazine groups is 1. The summed E-state index contributed by atoms with van der Waals surface area (Å²) >= 11 is 5.91. The summed E-state index contributed by atoms with van der Waals surface area (Å²) in [6.07, 6.45) is -3.85. The standard InChI is InChI=1S/C18H11ClF3N7O5/c19-12-5-4-10(18(20,21)22)7-13(12)25-15-14(29(33)34)16(24-8-23-15)26-27-17(30)9-2-1-3-11(6-9)28(31)32/h1-8H,(H,27,30)(H2,23,24,25,26). The average Bonchev–Trinajstić information content (AvgIpc) is 2.78. The number of amides is 1. The summed E-state index contributed by atoms with van der Waals surface area (Å²) < 4.78 is 39.0. The number of rotatable bonds is 7. The van der Waals surface area contributed by atoms with Gasteiger partial charge in [0.2, 0.25) is 11.6 Å². The number of non-ortho nitro benzene ring substituents is 1. The normalized spacial score (nSPS) is 10.9. The van der Waals surface area contributed by atoms with Crippen molar-refractivity contribution in [2.45, 2.75) is 6.18 Å². The smallest absolute Gasteiger partial charge is 0.333 e. The molecule has 0 saturated heterocycles. The largest absolute Gasteiger partial charge is 0.416 e. The van der Waals surface area contributed by atoms with Gasteiger partial charge in [-0.15, -0.1) is 0 Å². The molecule has 0 saturated carbocycles. The number of nitrogens with zero attached hydrogens (tertiary/aromatic N) is 4. The molecule has 3 N–H and O–H groups in total. The number of nitrogens with one attached hydrogen (secondary N) is 3. The molecule has 0 bridgehead atoms. The molecular formula is C18H11ClF3N7O5. The van der Waals surface area contributed by atoms with Crippen molar-refractivity contribution in [1.29, 1.82) is 0 Å². The minimum Gasteiger partial charge on any atom is -0.333 e. The summed E-state index contributed by atoms with van der Waals surface area (Å²) in [6.45, 7) is 0. The fourth-order valence-electron chi connectivity index (χ4n) is 2.61. The van der Waals surface area contributed by atoms with Crippen molar-refractivity contribution in [3.05, 3.63) is 85.2 Å². The van der Waals surface area contributed by atoms with Gasteiger partial charge in [0.25, 0.3) is 11.6 Å². The summed E-state index contributed by atoms with van der Waals surface area (Å²) in [5, 5.41) is 24.7. The highest BCUT2D eigenvalue weighted by atomic mass is 35.5. The number of anilines is 3. The second-order valence-electron chi connectivity index (χ2n) is 6.38. The average molecular weight is 498 g/mol. The van der Waals surface area contributed by atoms with Gasteiger partial charge in [-0.25, -0.2) is 9.97 Å². The number of carbonyl (C=O) groups is 1. The fraction of sp³-hybridized carbons (Fsp3) is 0.0556. The molecule has 0 aliphatic heterocycles. The molecule has 3 rings (SSSR count). The summed E-state index contributed by atoms with van der Waals surface area (Å²) in [5.74, 6) is -1.93. The lowest BCUT2D eigenvalue weighted by Gasteiger charge is -2.13. The van der Waals surface area contributed by atoms with Crippen LogP contribution >= 0.6 is 11.6 Å². The highest BCUT2D eigenvalue weighted by molar-refractivity contribution is 6.33. The van der Waals surface area contributed by atoms with E-state index in [0.29, 0.717) is 6.07 Å². The zero-order chi connectivity index (χ0) is 25.0. The second kappa shape index (κ2) is 9.53. The molecule has 1 heterocycles. The van der Waals surface area contributed by atoms with Crippen LogP contribution in [-0.2, 0) is 6.18 Å². The zero-order valence-electron chi connectivity index (χ0n) is 16.5. The number of aromatic nitrogens is 2. The molecule has 0 aliphatic carbocycles. The van der Waals surface area contributed by atoms with Crippen LogP contribution in [0.1, 0.15) is 15.9 Å². The summed E-state index contributed by atoms with van der Waals surface area (Å²) in [6, 6.07) is 7.01. The Bertz CT molecular complexity index is 1290. The Morgan fingerprint density at radius 1 is 1.00 bits per heavy atom. The molecule has 3 aromatic rings. The Kier molecular flexibility index (Phi) is 6.76. The van der Waals surface area contributed by atoms with Crippen LogP contribution in [0.2, 0.25) is 5.02 Å². The maximum atomic E-state index is 13.0. The van der Waals surface area contributed by atoms with Crippen LogP contribution in [0.25, 0.3) is 0 Å². The number of nitro groups is 2. The van der Waals surface area contributed by atoms with E-state index in [2.05, 4.69) is 26.1 Å². The number of alkyl halides is 3. The highest BCUT2D eigenvalue weighted by Gasteiger charge is 2.31. The molecule has 176 valence electrons. The Morgan fingerprint density at radius 2 is 1.71 bits per heavy atom. The van der Waals surface area contributed by atoms with Gasteiger partial charge in [-0.1, -0.05) is 17.7 Å². The summed E-state index contributed by atoms with van der Waals surface area (Å²) in [7, 11) is 0. The monoisotopic (exact) mass is 497 g/mol. The van der Waals surface area contributed by atoms with Gasteiger partial charge in [0.05, 0.1) is 26.1 Å². The van der Waals surface area contributed by atoms with E-state index in [4.69, 9.17) is 11.6 Å². The van der Waals surface area contributed by atoms with Crippen LogP contribution in [0, 0.1) is 20.2 Å². The second-order valence-corrected chi connectivity index (χ2v) is 6.79. The molecule has 12 nitrogen and oxygen atoms in total. The van der Waals surface area contributed by atoms with E-state index < -0.39 is 44.8 Å². The van der Waals surface area contributed by atoms with Crippen molar-refractivity contribution in [2.24, 2.45) is 0 Å². The third-order valence-corrected chi connectivity index (χ3v) is 4.49. The number of nitro benzene ring substituents is 1. The molecule has 34 heavy (non-hydrogen) atoms. The van der Waals surface area contributed by atoms with Crippen molar-refractivity contribution in [2.75, 3.05) is 10.7 Å². The molecule has 0 aliphatic rings. The molecule has 16 heteroatoms. The first-order valence-electron chi connectivity index (χ1n) is 8.91. The minimum absolute atomic E-state index is 0.132. The van der Waals surface area contributed by atoms with Gasteiger partial charge in [0, 0.05) is 17.7 Å². The number of benzene rings is 2. The predicted octanol–water partition coefficient (Wildman–Crippen LogP) is 4.47. The summed E-state index contributed by atoms with van der Waals surface area (Å²) in [5.41, 5.74) is 1.62. The maximum Gasteiger partial charge on any atom is 0.416 e. The van der Waals surface area contributed by atoms with Crippen molar-refractivity contribution in [1.82, 2.24) is 15.4 Å². The van der Waals surface area contributed by atoms with Crippen LogP contribution in [0.15, 0.2) is 48.8 Å². The van der Waals surface area contributed by atoms with Crippen molar-refractivity contribution in [3.8, 4) is 0 Å². The van der Waals surface area contributed by atoms with Gasteiger partial charge in [0.1, 0.15) is 6.33 Å². The topological polar surface area (TPSA) is 165 Å². The van der Waals surface area contributed by atoms with Gasteiger partial charge in [-0.05, 0) is 24.3 Å². The van der Waals surface area contributed by atoms with E-state index in [-0.39, 0.29) is 22.0 Å². The fourth-order valence-corrected chi connectivity index (χ4v) is 2.77. The Hall–Kier alpha value is -4.53. The van der Waals surface area contributed by atoms with E-state index in [1.54, 1.807) is 0 Å². The van der Waals surface area contributed by atoms with Crippen molar-refractivity contribution < 1.29 is 27.8 Å². The maximum absolute atomic E-state index is 13.0. The van der Waals surface area contributed by atoms with Gasteiger partial charge >= 0.3 is 11.9 Å². The first kappa shape index (κ1) is 24.1. The third kappa shape index (κ3) is 5.44. The van der Waals surface area contributed by atoms with Gasteiger partial charge in [0.15, 0.2) is 0 Å². The van der Waals surface area contributed by atoms with E-state index >= 15 is 0 Å². The first-order valence-corrected chi connectivity index (χ1v) is 9.29. The number of hydrogen-bond donors (Lipinski definition) is 3. The lowest BCUT2D eigenvalue weighted by molar-refractivity contribution is -0.384. The molecule has 1 aromatic heterocycles. The van der Waals surface area contributed by atoms with Crippen LogP contribution in [0.5, 0.6) is 0 Å². The predicted molar refractivity (Wildman–Crippen MR) is 113 cm³/mol. The Labute approximate surface area is 192 Å². The number of halogens is 4. The van der Waals surface area contributed by atoms with Gasteiger partial charge in [-0.2, -0.15) is 13.2 Å². The Balaban J connectivity index is 1.88. The van der Waals surface area contributed by atoms with Gasteiger partial charge < -0.3 is 5.32 Å². The van der Waals surface area contributed by atoms with E-state index in [1.165, 1.54) is 12.1 Å². The van der Waals surface area contributed by atoms with Crippen LogP contribution < -0.4 is 16.2 Å². The third-order valence-electron chi connectivity index (χ3n) is 4.17. The van der Waals surface area contributed by atoms with Crippen LogP contribution in [0.4, 0.5) is 41.9 Å². The zero-order valence-corrected chi connectivity index (χ0v) is 17.2. The van der Waals surface area contributed by atoms with E-state index in [9.17, 15) is 38.2 Å². The molecule has 0 atom stereocenters. The van der Waals surface area contributed by atoms with E-state index in [0.717, 1.165) is 30.6 Å². The first-order chi connectivity index (χ1) is 16.0. The van der Waals surface area contributed by atoms with Gasteiger partial charge in [-0.3, -0.25) is 35.9 Å². The van der Waals surface area contributed by atoms with Crippen molar-refractivity contribution >= 4 is 46.2 Å². The lowest BCUT2D eigenvalue weighted by Crippen LogP contribution is -2.30. The number of hydrogen-bond acceptors (Lipinski definition) is 9. The quantitative estimate of drug-likeness (QED) is 0.315. The molecule has 0 spiro atoms. The summed E-state index contributed by atoms with van der Waals surface area (Å²) in [4.78, 5) is 40.4. The molecule has 2 aromatic carbocycles. The highest BCUT2D eigenvalue weighted by Crippen LogP contribution is 2.37. The molecular weight excluding hydrogens is 487 g/mol. The SMILES string of the molecule is O=C(NNc1ncnc(Nc2cc(C(F)(F)F)ccc2Cl)c1[N+](=O)[O-])c1cccc([N+](=O)[O-])c1. The van der Waals surface area contributed by atoms with Crippen molar-refractivity contribution in [3.63, 3.8) is 0 Å². The van der Waals surface area contributed by atoms with E-state index in [1.807, 2.05) is 0 Å². The Morgan fingerprint density at radius 3 is 2.35 bits per heavy atom. The van der Waals surface area contributed by atoms with Crippen LogP contribution in [-0.4, -0.2) is 25.7 Å².